The van der Waals surface area contributed by atoms with Gasteiger partial charge in [0.1, 0.15) is 6.10 Å². The van der Waals surface area contributed by atoms with Crippen molar-refractivity contribution in [1.29, 1.82) is 0 Å². The molecule has 0 aliphatic rings. The molecule has 0 radical (unpaired) electrons. The Kier molecular flexibility index (Phi) is 26.4. The molecule has 0 fully saturated rings. The normalized spacial score (nSPS) is 14.2. The van der Waals surface area contributed by atoms with Crippen LogP contribution >= 0.6 is 0 Å². The average Bonchev–Trinajstić information content (AvgIpc) is 2.88. The predicted octanol–water partition coefficient (Wildman–Crippen LogP) is 5.95. The maximum absolute atomic E-state index is 12.1. The highest BCUT2D eigenvalue weighted by Gasteiger charge is 2.22. The first-order valence-electron chi connectivity index (χ1n) is 15.1. The highest BCUT2D eigenvalue weighted by Crippen LogP contribution is 2.15. The minimum absolute atomic E-state index is 0.231. The summed E-state index contributed by atoms with van der Waals surface area (Å²) in [5.41, 5.74) is 0. The van der Waals surface area contributed by atoms with E-state index in [9.17, 15) is 20.1 Å². The predicted molar refractivity (Wildman–Crippen MR) is 150 cm³/mol. The number of hydrogen-bond acceptors (Lipinski definition) is 5. The molecular formula is C30H59NO5. The van der Waals surface area contributed by atoms with Crippen LogP contribution in [0.4, 0.5) is 0 Å². The molecule has 0 heterocycles. The molecule has 1 amide bonds. The summed E-state index contributed by atoms with van der Waals surface area (Å²) in [6, 6.07) is -0.898. The van der Waals surface area contributed by atoms with E-state index < -0.39 is 30.8 Å². The maximum atomic E-state index is 12.1. The summed E-state index contributed by atoms with van der Waals surface area (Å²) >= 11 is 0. The first-order chi connectivity index (χ1) is 17.6. The van der Waals surface area contributed by atoms with Crippen LogP contribution in [0.5, 0.6) is 0 Å². The molecule has 0 rings (SSSR count). The Labute approximate surface area is 222 Å². The van der Waals surface area contributed by atoms with Gasteiger partial charge in [0.25, 0.3) is 0 Å². The molecule has 0 saturated carbocycles. The zero-order valence-electron chi connectivity index (χ0n) is 23.3. The second-order valence-corrected chi connectivity index (χ2v) is 10.4. The molecule has 3 unspecified atom stereocenters. The van der Waals surface area contributed by atoms with Crippen molar-refractivity contribution in [3.63, 3.8) is 0 Å². The second kappa shape index (κ2) is 27.1. The van der Waals surface area contributed by atoms with Gasteiger partial charge in [-0.15, -0.1) is 0 Å². The Morgan fingerprint density at radius 3 is 1.42 bits per heavy atom. The summed E-state index contributed by atoms with van der Waals surface area (Å²) in [4.78, 5) is 12.1. The SMILES string of the molecule is CCCCCCCCCCCCCCCCCCCCCCC(O)C(=O)NC(CO)C(O)/C=C/CO. The summed E-state index contributed by atoms with van der Waals surface area (Å²) < 4.78 is 0. The number of aliphatic hydroxyl groups is 4. The van der Waals surface area contributed by atoms with Crippen LogP contribution < -0.4 is 5.32 Å². The number of unbranched alkanes of at least 4 members (excludes halogenated alkanes) is 19. The average molecular weight is 514 g/mol. The van der Waals surface area contributed by atoms with Gasteiger partial charge in [0.15, 0.2) is 0 Å². The van der Waals surface area contributed by atoms with Crippen LogP contribution in [-0.4, -0.2) is 57.8 Å². The lowest BCUT2D eigenvalue weighted by atomic mass is 10.0. The third-order valence-electron chi connectivity index (χ3n) is 7.01. The van der Waals surface area contributed by atoms with E-state index in [1.165, 1.54) is 121 Å². The topological polar surface area (TPSA) is 110 Å². The Hall–Kier alpha value is -0.950. The molecule has 36 heavy (non-hydrogen) atoms. The number of aliphatic hydroxyl groups excluding tert-OH is 4. The first-order valence-corrected chi connectivity index (χ1v) is 15.1. The monoisotopic (exact) mass is 513 g/mol. The fourth-order valence-electron chi connectivity index (χ4n) is 4.58. The third-order valence-corrected chi connectivity index (χ3v) is 7.01. The molecule has 0 aromatic heterocycles. The molecule has 0 aliphatic carbocycles. The van der Waals surface area contributed by atoms with Crippen molar-refractivity contribution in [1.82, 2.24) is 5.32 Å². The van der Waals surface area contributed by atoms with E-state index in [0.29, 0.717) is 6.42 Å². The van der Waals surface area contributed by atoms with Crippen molar-refractivity contribution < 1.29 is 25.2 Å². The highest BCUT2D eigenvalue weighted by molar-refractivity contribution is 5.80. The summed E-state index contributed by atoms with van der Waals surface area (Å²) in [6.45, 7) is 1.59. The van der Waals surface area contributed by atoms with Gasteiger partial charge in [-0.05, 0) is 6.42 Å². The summed E-state index contributed by atoms with van der Waals surface area (Å²) in [7, 11) is 0. The van der Waals surface area contributed by atoms with Crippen LogP contribution in [0.25, 0.3) is 0 Å². The number of hydrogen-bond donors (Lipinski definition) is 5. The van der Waals surface area contributed by atoms with Crippen LogP contribution in [0.15, 0.2) is 12.2 Å². The quantitative estimate of drug-likeness (QED) is 0.0689. The van der Waals surface area contributed by atoms with Crippen molar-refractivity contribution in [3.8, 4) is 0 Å². The van der Waals surface area contributed by atoms with Gasteiger partial charge in [-0.3, -0.25) is 4.79 Å². The third kappa shape index (κ3) is 22.3. The first kappa shape index (κ1) is 35.0. The van der Waals surface area contributed by atoms with Crippen LogP contribution in [0.1, 0.15) is 142 Å². The van der Waals surface area contributed by atoms with Crippen molar-refractivity contribution >= 4 is 5.91 Å². The molecule has 0 bridgehead atoms. The van der Waals surface area contributed by atoms with Crippen molar-refractivity contribution in [3.05, 3.63) is 12.2 Å². The Morgan fingerprint density at radius 1 is 0.667 bits per heavy atom. The molecule has 0 spiro atoms. The summed E-state index contributed by atoms with van der Waals surface area (Å²) in [6.07, 6.45) is 27.0. The fraction of sp³-hybridized carbons (Fsp3) is 0.900. The molecule has 3 atom stereocenters. The number of amides is 1. The lowest BCUT2D eigenvalue weighted by Gasteiger charge is -2.21. The standard InChI is InChI=1S/C30H59NO5/c1-2-3-4-5-6-7-8-9-10-11-12-13-14-15-16-17-18-19-20-21-23-29(35)30(36)31-27(26-33)28(34)24-22-25-32/h22,24,27-29,32-35H,2-21,23,25-26H2,1H3,(H,31,36)/b24-22+. The maximum Gasteiger partial charge on any atom is 0.249 e. The molecule has 214 valence electrons. The molecule has 5 N–H and O–H groups in total. The summed E-state index contributed by atoms with van der Waals surface area (Å²) in [5, 5.41) is 40.4. The van der Waals surface area contributed by atoms with Crippen molar-refractivity contribution in [2.45, 2.75) is 160 Å². The number of carbonyl (C=O) groups excluding carboxylic acids is 1. The Morgan fingerprint density at radius 2 is 1.06 bits per heavy atom. The van der Waals surface area contributed by atoms with E-state index in [0.717, 1.165) is 19.3 Å². The van der Waals surface area contributed by atoms with Crippen LogP contribution in [-0.2, 0) is 4.79 Å². The van der Waals surface area contributed by atoms with Crippen LogP contribution in [0, 0.1) is 0 Å². The van der Waals surface area contributed by atoms with Gasteiger partial charge >= 0.3 is 0 Å². The lowest BCUT2D eigenvalue weighted by molar-refractivity contribution is -0.131. The molecule has 0 aromatic carbocycles. The van der Waals surface area contributed by atoms with Crippen LogP contribution in [0.3, 0.4) is 0 Å². The Bertz CT molecular complexity index is 500. The molecule has 0 saturated heterocycles. The molecule has 6 nitrogen and oxygen atoms in total. The second-order valence-electron chi connectivity index (χ2n) is 10.4. The zero-order valence-corrected chi connectivity index (χ0v) is 23.3. The largest absolute Gasteiger partial charge is 0.394 e. The van der Waals surface area contributed by atoms with Gasteiger partial charge < -0.3 is 25.7 Å². The number of rotatable bonds is 27. The smallest absolute Gasteiger partial charge is 0.249 e. The van der Waals surface area contributed by atoms with E-state index in [1.54, 1.807) is 0 Å². The van der Waals surface area contributed by atoms with Crippen molar-refractivity contribution in [2.24, 2.45) is 0 Å². The van der Waals surface area contributed by atoms with E-state index in [1.807, 2.05) is 0 Å². The van der Waals surface area contributed by atoms with E-state index in [4.69, 9.17) is 5.11 Å². The molecule has 6 heteroatoms. The molecular weight excluding hydrogens is 454 g/mol. The van der Waals surface area contributed by atoms with E-state index >= 15 is 0 Å². The van der Waals surface area contributed by atoms with Crippen molar-refractivity contribution in [2.75, 3.05) is 13.2 Å². The minimum Gasteiger partial charge on any atom is -0.394 e. The van der Waals surface area contributed by atoms with E-state index in [2.05, 4.69) is 12.2 Å². The minimum atomic E-state index is -1.14. The highest BCUT2D eigenvalue weighted by atomic mass is 16.3. The van der Waals surface area contributed by atoms with Gasteiger partial charge in [-0.1, -0.05) is 147 Å². The lowest BCUT2D eigenvalue weighted by Crippen LogP contribution is -2.48. The van der Waals surface area contributed by atoms with Gasteiger partial charge in [-0.2, -0.15) is 0 Å². The molecule has 0 aromatic rings. The van der Waals surface area contributed by atoms with Gasteiger partial charge in [0, 0.05) is 0 Å². The number of nitrogens with one attached hydrogen (secondary N) is 1. The van der Waals surface area contributed by atoms with Crippen LogP contribution in [0.2, 0.25) is 0 Å². The van der Waals surface area contributed by atoms with E-state index in [-0.39, 0.29) is 6.61 Å². The Balaban J connectivity index is 3.46. The summed E-state index contributed by atoms with van der Waals surface area (Å²) in [5.74, 6) is -0.580. The van der Waals surface area contributed by atoms with Gasteiger partial charge in [-0.25, -0.2) is 0 Å². The zero-order chi connectivity index (χ0) is 26.7. The molecule has 0 aliphatic heterocycles. The fourth-order valence-corrected chi connectivity index (χ4v) is 4.58. The number of carbonyl (C=O) groups is 1. The van der Waals surface area contributed by atoms with Gasteiger partial charge in [0.05, 0.1) is 25.4 Å². The van der Waals surface area contributed by atoms with Gasteiger partial charge in [0.2, 0.25) is 5.91 Å².